The third-order valence-corrected chi connectivity index (χ3v) is 3.78. The van der Waals surface area contributed by atoms with Gasteiger partial charge in [-0.2, -0.15) is 0 Å². The summed E-state index contributed by atoms with van der Waals surface area (Å²) in [5.41, 5.74) is 0.911. The van der Waals surface area contributed by atoms with Gasteiger partial charge in [0, 0.05) is 25.1 Å². The normalized spacial score (nSPS) is 11.2. The van der Waals surface area contributed by atoms with Gasteiger partial charge in [-0.25, -0.2) is 4.99 Å². The first-order valence-electron chi connectivity index (χ1n) is 8.55. The van der Waals surface area contributed by atoms with Crippen molar-refractivity contribution in [1.82, 2.24) is 10.6 Å². The summed E-state index contributed by atoms with van der Waals surface area (Å²) in [5.74, 6) is 3.49. The molecule has 0 saturated heterocycles. The van der Waals surface area contributed by atoms with Crippen LogP contribution in [0, 0.1) is 0 Å². The molecule has 0 aliphatic heterocycles. The Morgan fingerprint density at radius 3 is 2.46 bits per heavy atom. The van der Waals surface area contributed by atoms with E-state index in [1.54, 1.807) is 27.6 Å². The van der Waals surface area contributed by atoms with E-state index in [0.29, 0.717) is 23.8 Å². The van der Waals surface area contributed by atoms with Crippen molar-refractivity contribution in [2.24, 2.45) is 4.99 Å². The number of benzene rings is 1. The van der Waals surface area contributed by atoms with Crippen LogP contribution < -0.4 is 24.8 Å². The Bertz CT molecular complexity index is 699. The highest BCUT2D eigenvalue weighted by molar-refractivity contribution is 5.79. The molecule has 0 amide bonds. The van der Waals surface area contributed by atoms with E-state index in [2.05, 4.69) is 15.6 Å². The van der Waals surface area contributed by atoms with Crippen molar-refractivity contribution >= 4 is 5.96 Å². The van der Waals surface area contributed by atoms with Crippen molar-refractivity contribution in [3.8, 4) is 17.2 Å². The number of hydrogen-bond donors (Lipinski definition) is 2. The Morgan fingerprint density at radius 1 is 1.04 bits per heavy atom. The summed E-state index contributed by atoms with van der Waals surface area (Å²) in [6, 6.07) is 7.62. The average Bonchev–Trinajstić information content (AvgIpc) is 3.18. The van der Waals surface area contributed by atoms with Gasteiger partial charge < -0.3 is 29.3 Å². The minimum atomic E-state index is 0.444. The predicted octanol–water partition coefficient (Wildman–Crippen LogP) is 2.60. The number of guanidine groups is 1. The van der Waals surface area contributed by atoms with Crippen LogP contribution in [0.2, 0.25) is 0 Å². The van der Waals surface area contributed by atoms with E-state index < -0.39 is 0 Å². The lowest BCUT2D eigenvalue weighted by molar-refractivity contribution is 0.322. The van der Waals surface area contributed by atoms with Crippen molar-refractivity contribution in [1.29, 1.82) is 0 Å². The molecule has 0 unspecified atom stereocenters. The lowest BCUT2D eigenvalue weighted by atomic mass is 10.1. The summed E-state index contributed by atoms with van der Waals surface area (Å²) in [7, 11) is 4.80. The molecule has 0 spiro atoms. The van der Waals surface area contributed by atoms with Crippen LogP contribution in [0.3, 0.4) is 0 Å². The molecule has 0 aliphatic carbocycles. The topological polar surface area (TPSA) is 77.3 Å². The van der Waals surface area contributed by atoms with Crippen LogP contribution in [-0.2, 0) is 13.0 Å². The number of ether oxygens (including phenoxy) is 3. The van der Waals surface area contributed by atoms with Gasteiger partial charge in [-0.1, -0.05) is 0 Å². The van der Waals surface area contributed by atoms with Gasteiger partial charge in [-0.05, 0) is 31.2 Å². The maximum absolute atomic E-state index is 5.50. The first kappa shape index (κ1) is 19.5. The summed E-state index contributed by atoms with van der Waals surface area (Å²) in [6.45, 7) is 3.97. The first-order valence-corrected chi connectivity index (χ1v) is 8.55. The number of furan rings is 1. The van der Waals surface area contributed by atoms with E-state index in [0.717, 1.165) is 36.8 Å². The van der Waals surface area contributed by atoms with Crippen LogP contribution >= 0.6 is 0 Å². The number of rotatable bonds is 9. The molecular weight excluding hydrogens is 334 g/mol. The van der Waals surface area contributed by atoms with Crippen molar-refractivity contribution < 1.29 is 18.6 Å². The number of hydrogen-bond acceptors (Lipinski definition) is 5. The lowest BCUT2D eigenvalue weighted by Crippen LogP contribution is -2.38. The van der Waals surface area contributed by atoms with Gasteiger partial charge in [0.2, 0.25) is 5.75 Å². The standard InChI is InChI=1S/C19H27N3O4/c1-5-20-19(21-11-10-15-7-6-12-26-15)22-13-14-8-9-16(23-2)18(25-4)17(14)24-3/h6-9,12H,5,10-11,13H2,1-4H3,(H2,20,21,22). The fourth-order valence-electron chi connectivity index (χ4n) is 2.55. The number of methoxy groups -OCH3 is 3. The van der Waals surface area contributed by atoms with Gasteiger partial charge in [0.25, 0.3) is 0 Å². The predicted molar refractivity (Wildman–Crippen MR) is 101 cm³/mol. The Balaban J connectivity index is 2.07. The van der Waals surface area contributed by atoms with Crippen molar-refractivity contribution in [3.05, 3.63) is 41.9 Å². The Kier molecular flexibility index (Phi) is 7.67. The van der Waals surface area contributed by atoms with Crippen LogP contribution in [0.5, 0.6) is 17.2 Å². The smallest absolute Gasteiger partial charge is 0.203 e. The molecule has 0 fully saturated rings. The molecule has 2 rings (SSSR count). The fourth-order valence-corrected chi connectivity index (χ4v) is 2.55. The summed E-state index contributed by atoms with van der Waals surface area (Å²) in [5, 5.41) is 6.53. The molecule has 0 atom stereocenters. The molecule has 142 valence electrons. The zero-order valence-electron chi connectivity index (χ0n) is 15.8. The van der Waals surface area contributed by atoms with Crippen molar-refractivity contribution in [3.63, 3.8) is 0 Å². The Hall–Kier alpha value is -2.83. The molecule has 7 nitrogen and oxygen atoms in total. The fraction of sp³-hybridized carbons (Fsp3) is 0.421. The highest BCUT2D eigenvalue weighted by Gasteiger charge is 2.15. The van der Waals surface area contributed by atoms with Crippen LogP contribution in [0.1, 0.15) is 18.2 Å². The van der Waals surface area contributed by atoms with E-state index in [9.17, 15) is 0 Å². The Morgan fingerprint density at radius 2 is 1.85 bits per heavy atom. The maximum Gasteiger partial charge on any atom is 0.203 e. The van der Waals surface area contributed by atoms with Crippen LogP contribution in [0.15, 0.2) is 39.9 Å². The molecule has 0 radical (unpaired) electrons. The largest absolute Gasteiger partial charge is 0.493 e. The molecular formula is C19H27N3O4. The van der Waals surface area contributed by atoms with Crippen LogP contribution in [0.4, 0.5) is 0 Å². The molecule has 0 aliphatic rings. The van der Waals surface area contributed by atoms with Gasteiger partial charge in [0.05, 0.1) is 34.1 Å². The molecule has 26 heavy (non-hydrogen) atoms. The molecule has 0 bridgehead atoms. The highest BCUT2D eigenvalue weighted by atomic mass is 16.5. The second kappa shape index (κ2) is 10.2. The van der Waals surface area contributed by atoms with Crippen LogP contribution in [0.25, 0.3) is 0 Å². The van der Waals surface area contributed by atoms with E-state index in [4.69, 9.17) is 18.6 Å². The molecule has 0 saturated carbocycles. The minimum absolute atomic E-state index is 0.444. The zero-order valence-corrected chi connectivity index (χ0v) is 15.8. The molecule has 1 aromatic heterocycles. The van der Waals surface area contributed by atoms with E-state index in [1.807, 2.05) is 31.2 Å². The SMILES string of the molecule is CCNC(=NCc1ccc(OC)c(OC)c1OC)NCCc1ccco1. The minimum Gasteiger partial charge on any atom is -0.493 e. The third kappa shape index (κ3) is 5.08. The van der Waals surface area contributed by atoms with E-state index in [-0.39, 0.29) is 0 Å². The molecule has 1 heterocycles. The monoisotopic (exact) mass is 361 g/mol. The summed E-state index contributed by atoms with van der Waals surface area (Å²) >= 11 is 0. The molecule has 7 heteroatoms. The maximum atomic E-state index is 5.50. The average molecular weight is 361 g/mol. The highest BCUT2D eigenvalue weighted by Crippen LogP contribution is 2.39. The lowest BCUT2D eigenvalue weighted by Gasteiger charge is -2.15. The van der Waals surface area contributed by atoms with Gasteiger partial charge in [-0.15, -0.1) is 0 Å². The second-order valence-corrected chi connectivity index (χ2v) is 5.44. The number of aliphatic imine (C=N–C) groups is 1. The summed E-state index contributed by atoms with van der Waals surface area (Å²) < 4.78 is 21.6. The van der Waals surface area contributed by atoms with E-state index >= 15 is 0 Å². The van der Waals surface area contributed by atoms with Gasteiger partial charge in [0.15, 0.2) is 17.5 Å². The number of nitrogens with zero attached hydrogens (tertiary/aromatic N) is 1. The van der Waals surface area contributed by atoms with Crippen LogP contribution in [-0.4, -0.2) is 40.4 Å². The molecule has 1 aromatic carbocycles. The summed E-state index contributed by atoms with van der Waals surface area (Å²) in [6.07, 6.45) is 2.47. The first-order chi connectivity index (χ1) is 12.7. The van der Waals surface area contributed by atoms with Gasteiger partial charge in [-0.3, -0.25) is 0 Å². The number of nitrogens with one attached hydrogen (secondary N) is 2. The molecule has 2 aromatic rings. The van der Waals surface area contributed by atoms with Crippen molar-refractivity contribution in [2.75, 3.05) is 34.4 Å². The summed E-state index contributed by atoms with van der Waals surface area (Å²) in [4.78, 5) is 4.63. The Labute approximate surface area is 154 Å². The van der Waals surface area contributed by atoms with Crippen molar-refractivity contribution in [2.45, 2.75) is 19.9 Å². The zero-order chi connectivity index (χ0) is 18.8. The van der Waals surface area contributed by atoms with E-state index in [1.165, 1.54) is 0 Å². The molecule has 2 N–H and O–H groups in total. The quantitative estimate of drug-likeness (QED) is 0.528. The third-order valence-electron chi connectivity index (χ3n) is 3.78. The second-order valence-electron chi connectivity index (χ2n) is 5.44. The van der Waals surface area contributed by atoms with Gasteiger partial charge >= 0.3 is 0 Å². The van der Waals surface area contributed by atoms with Gasteiger partial charge in [0.1, 0.15) is 5.76 Å².